The Labute approximate surface area is 234 Å². The third-order valence-electron chi connectivity index (χ3n) is 9.41. The number of benzene rings is 2. The van der Waals surface area contributed by atoms with Crippen LogP contribution in [0, 0.1) is 17.7 Å². The summed E-state index contributed by atoms with van der Waals surface area (Å²) in [6.45, 7) is 0.890. The minimum absolute atomic E-state index is 0.0330. The van der Waals surface area contributed by atoms with E-state index in [-0.39, 0.29) is 22.9 Å². The summed E-state index contributed by atoms with van der Waals surface area (Å²) in [4.78, 5) is 27.0. The fraction of sp³-hybridized carbons (Fsp3) is 0.533. The van der Waals surface area contributed by atoms with E-state index in [9.17, 15) is 32.3 Å². The molecule has 1 saturated heterocycles. The first-order chi connectivity index (χ1) is 18.7. The van der Waals surface area contributed by atoms with Gasteiger partial charge in [0.25, 0.3) is 0 Å². The van der Waals surface area contributed by atoms with Gasteiger partial charge in [-0.1, -0.05) is 29.8 Å². The van der Waals surface area contributed by atoms with Gasteiger partial charge in [-0.2, -0.15) is 13.2 Å². The number of hydrogen-bond donors (Lipinski definition) is 1. The molecule has 1 heterocycles. The lowest BCUT2D eigenvalue weighted by Gasteiger charge is -2.45. The van der Waals surface area contributed by atoms with Crippen LogP contribution in [0.4, 0.5) is 22.0 Å². The van der Waals surface area contributed by atoms with Crippen LogP contribution in [0.25, 0.3) is 0 Å². The number of alkyl halides is 4. The van der Waals surface area contributed by atoms with Crippen molar-refractivity contribution in [1.82, 2.24) is 4.90 Å². The average Bonchev–Trinajstić information content (AvgIpc) is 3.28. The molecule has 1 aliphatic heterocycles. The van der Waals surface area contributed by atoms with Gasteiger partial charge >= 0.3 is 12.1 Å². The lowest BCUT2D eigenvalue weighted by atomic mass is 9.63. The second-order valence-electron chi connectivity index (χ2n) is 11.7. The molecule has 40 heavy (non-hydrogen) atoms. The largest absolute Gasteiger partial charge is 0.481 e. The zero-order chi connectivity index (χ0) is 29.0. The van der Waals surface area contributed by atoms with E-state index in [2.05, 4.69) is 0 Å². The molecule has 2 aromatic carbocycles. The number of carbonyl (C=O) groups is 2. The average molecular weight is 584 g/mol. The van der Waals surface area contributed by atoms with Crippen molar-refractivity contribution in [3.63, 3.8) is 0 Å². The van der Waals surface area contributed by atoms with Gasteiger partial charge in [0.05, 0.1) is 5.92 Å². The van der Waals surface area contributed by atoms with Gasteiger partial charge in [0, 0.05) is 34.5 Å². The fourth-order valence-corrected chi connectivity index (χ4v) is 7.47. The monoisotopic (exact) mass is 583 g/mol. The Morgan fingerprint density at radius 1 is 1.02 bits per heavy atom. The Morgan fingerprint density at radius 2 is 1.65 bits per heavy atom. The molecule has 5 rings (SSSR count). The van der Waals surface area contributed by atoms with E-state index in [1.54, 1.807) is 12.1 Å². The maximum atomic E-state index is 15.0. The first kappa shape index (κ1) is 28.8. The molecule has 1 unspecified atom stereocenters. The molecule has 1 N–H and O–H groups in total. The fourth-order valence-electron chi connectivity index (χ4n) is 7.13. The van der Waals surface area contributed by atoms with Gasteiger partial charge in [-0.05, 0) is 93.2 Å². The van der Waals surface area contributed by atoms with Gasteiger partial charge in [-0.15, -0.1) is 0 Å². The molecule has 2 aliphatic carbocycles. The molecule has 10 heteroatoms. The molecule has 216 valence electrons. The highest BCUT2D eigenvalue weighted by atomic mass is 35.5. The summed E-state index contributed by atoms with van der Waals surface area (Å²) in [5.74, 6) is -2.02. The number of carboxylic acid groups (broad SMARTS) is 1. The molecule has 4 nitrogen and oxygen atoms in total. The Balaban J connectivity index is 1.53. The van der Waals surface area contributed by atoms with Crippen molar-refractivity contribution >= 4 is 23.5 Å². The molecule has 0 bridgehead atoms. The van der Waals surface area contributed by atoms with Crippen LogP contribution in [0.2, 0.25) is 5.02 Å². The first-order valence-corrected chi connectivity index (χ1v) is 14.0. The number of rotatable bonds is 5. The van der Waals surface area contributed by atoms with Crippen LogP contribution in [0.1, 0.15) is 67.7 Å². The second kappa shape index (κ2) is 10.3. The van der Waals surface area contributed by atoms with Gasteiger partial charge in [-0.3, -0.25) is 9.59 Å². The van der Waals surface area contributed by atoms with E-state index in [0.29, 0.717) is 76.0 Å². The van der Waals surface area contributed by atoms with E-state index in [1.165, 1.54) is 24.3 Å². The van der Waals surface area contributed by atoms with E-state index in [1.807, 2.05) is 4.90 Å². The highest BCUT2D eigenvalue weighted by molar-refractivity contribution is 6.31. The van der Waals surface area contributed by atoms with Gasteiger partial charge in [-0.25, -0.2) is 8.78 Å². The van der Waals surface area contributed by atoms with Crippen LogP contribution < -0.4 is 0 Å². The van der Waals surface area contributed by atoms with E-state index < -0.39 is 40.5 Å². The zero-order valence-electron chi connectivity index (χ0n) is 22.0. The number of fused-ring (bicyclic) bond motifs is 3. The Morgan fingerprint density at radius 3 is 2.25 bits per heavy atom. The number of nitrogens with zero attached hydrogens (tertiary/aromatic N) is 1. The lowest BCUT2D eigenvalue weighted by molar-refractivity contribution is -0.228. The van der Waals surface area contributed by atoms with Crippen molar-refractivity contribution in [3.05, 3.63) is 69.5 Å². The zero-order valence-corrected chi connectivity index (χ0v) is 22.8. The number of halogens is 6. The maximum Gasteiger partial charge on any atom is 0.426 e. The van der Waals surface area contributed by atoms with Crippen LogP contribution in [-0.4, -0.2) is 40.6 Å². The van der Waals surface area contributed by atoms with Gasteiger partial charge in [0.1, 0.15) is 5.82 Å². The minimum atomic E-state index is -5.15. The summed E-state index contributed by atoms with van der Waals surface area (Å²) in [5.41, 5.74) is -2.89. The molecule has 0 radical (unpaired) electrons. The van der Waals surface area contributed by atoms with E-state index in [4.69, 9.17) is 11.6 Å². The number of aliphatic carboxylic acids is 1. The van der Waals surface area contributed by atoms with Crippen molar-refractivity contribution in [3.8, 4) is 0 Å². The van der Waals surface area contributed by atoms with Crippen LogP contribution in [0.15, 0.2) is 36.4 Å². The predicted molar refractivity (Wildman–Crippen MR) is 139 cm³/mol. The van der Waals surface area contributed by atoms with Gasteiger partial charge in [0.2, 0.25) is 11.6 Å². The van der Waals surface area contributed by atoms with E-state index in [0.717, 1.165) is 5.56 Å². The normalized spacial score (nSPS) is 28.0. The Hall–Kier alpha value is -2.68. The molecule has 0 spiro atoms. The summed E-state index contributed by atoms with van der Waals surface area (Å²) >= 11 is 6.37. The molecule has 1 amide bonds. The van der Waals surface area contributed by atoms with E-state index >= 15 is 4.39 Å². The van der Waals surface area contributed by atoms with Crippen LogP contribution in [0.5, 0.6) is 0 Å². The predicted octanol–water partition coefficient (Wildman–Crippen LogP) is 7.14. The highest BCUT2D eigenvalue weighted by Gasteiger charge is 2.57. The van der Waals surface area contributed by atoms with Crippen molar-refractivity contribution in [2.45, 2.75) is 81.6 Å². The van der Waals surface area contributed by atoms with Crippen molar-refractivity contribution < 1.29 is 36.6 Å². The van der Waals surface area contributed by atoms with Gasteiger partial charge < -0.3 is 10.0 Å². The number of likely N-dealkylation sites (tertiary alicyclic amines) is 1. The third kappa shape index (κ3) is 4.88. The number of hydrogen-bond acceptors (Lipinski definition) is 2. The van der Waals surface area contributed by atoms with Crippen molar-refractivity contribution in [2.24, 2.45) is 11.8 Å². The standard InChI is InChI=1S/C30H31ClF5NO3/c1-28(33,30(34,35)36)23-14-20-8-11-25-29(22(20)15-24(23)31,16-17-2-9-21(32)10-3-17)12-13-37(25)26(38)18-4-6-19(7-5-18)27(39)40/h2-3,9-10,14-15,18-19,25H,4-8,11-13,16H2,1H3,(H,39,40)/t18-,19-,25-,28?,29-/m1/s1. The summed E-state index contributed by atoms with van der Waals surface area (Å²) < 4.78 is 69.5. The summed E-state index contributed by atoms with van der Waals surface area (Å²) in [6, 6.07) is 8.39. The summed E-state index contributed by atoms with van der Waals surface area (Å²) in [7, 11) is 0. The number of carbonyl (C=O) groups excluding carboxylic acids is 1. The third-order valence-corrected chi connectivity index (χ3v) is 9.72. The molecule has 1 saturated carbocycles. The SMILES string of the molecule is CC(F)(c1cc2c(cc1Cl)[C@]1(Cc3ccc(F)cc3)CCN(C(=O)[C@H]3CC[C@H](C(=O)O)CC3)[C@@H]1CC2)C(F)(F)F. The molecular weight excluding hydrogens is 553 g/mol. The summed E-state index contributed by atoms with van der Waals surface area (Å²) in [5, 5.41) is 9.01. The van der Waals surface area contributed by atoms with Crippen molar-refractivity contribution in [1.29, 1.82) is 0 Å². The summed E-state index contributed by atoms with van der Waals surface area (Å²) in [6.07, 6.45) is -1.56. The van der Waals surface area contributed by atoms with Gasteiger partial charge in [0.15, 0.2) is 0 Å². The molecule has 3 aliphatic rings. The maximum absolute atomic E-state index is 15.0. The number of carboxylic acids is 1. The van der Waals surface area contributed by atoms with Crippen LogP contribution in [-0.2, 0) is 33.5 Å². The quantitative estimate of drug-likeness (QED) is 0.381. The highest BCUT2D eigenvalue weighted by Crippen LogP contribution is 2.53. The second-order valence-corrected chi connectivity index (χ2v) is 12.1. The number of aryl methyl sites for hydroxylation is 1. The molecule has 2 fully saturated rings. The molecular formula is C30H31ClF5NO3. The first-order valence-electron chi connectivity index (χ1n) is 13.6. The molecule has 0 aromatic heterocycles. The molecule has 3 atom stereocenters. The smallest absolute Gasteiger partial charge is 0.426 e. The van der Waals surface area contributed by atoms with Crippen LogP contribution >= 0.6 is 11.6 Å². The van der Waals surface area contributed by atoms with Crippen molar-refractivity contribution in [2.75, 3.05) is 6.54 Å². The lowest BCUT2D eigenvalue weighted by Crippen LogP contribution is -2.51. The Bertz CT molecular complexity index is 1300. The number of amides is 1. The Kier molecular flexibility index (Phi) is 7.43. The minimum Gasteiger partial charge on any atom is -0.481 e. The topological polar surface area (TPSA) is 57.6 Å². The van der Waals surface area contributed by atoms with Crippen LogP contribution in [0.3, 0.4) is 0 Å². The molecule has 2 aromatic rings.